The van der Waals surface area contributed by atoms with E-state index in [0.717, 1.165) is 22.6 Å². The molecular formula is C21H21N3O6. The van der Waals surface area contributed by atoms with Crippen LogP contribution >= 0.6 is 0 Å². The number of hydrogen-bond acceptors (Lipinski definition) is 8. The third-order valence-electron chi connectivity index (χ3n) is 4.16. The molecule has 3 rings (SSSR count). The molecule has 0 aliphatic rings. The molecule has 0 amide bonds. The van der Waals surface area contributed by atoms with Gasteiger partial charge < -0.3 is 14.2 Å². The Morgan fingerprint density at radius 1 is 0.867 bits per heavy atom. The Morgan fingerprint density at radius 2 is 1.43 bits per heavy atom. The molecule has 0 spiro atoms. The van der Waals surface area contributed by atoms with Crippen LogP contribution in [0.25, 0.3) is 0 Å². The van der Waals surface area contributed by atoms with E-state index in [-0.39, 0.29) is 30.6 Å². The Kier molecular flexibility index (Phi) is 7.01. The maximum absolute atomic E-state index is 11.3. The summed E-state index contributed by atoms with van der Waals surface area (Å²) in [6.07, 6.45) is 0. The Balaban J connectivity index is 1.63. The summed E-state index contributed by atoms with van der Waals surface area (Å²) in [7, 11) is 3.18. The van der Waals surface area contributed by atoms with E-state index in [9.17, 15) is 10.1 Å². The lowest BCUT2D eigenvalue weighted by atomic mass is 10.2. The van der Waals surface area contributed by atoms with Gasteiger partial charge in [-0.15, -0.1) is 0 Å². The summed E-state index contributed by atoms with van der Waals surface area (Å²) in [5, 5.41) is 11.3. The second kappa shape index (κ2) is 10.1. The number of nitrogens with zero attached hydrogens (tertiary/aromatic N) is 2. The number of hydrogen-bond donors (Lipinski definition) is 1. The van der Waals surface area contributed by atoms with Crippen molar-refractivity contribution in [3.05, 3.63) is 81.9 Å². The summed E-state index contributed by atoms with van der Waals surface area (Å²) in [5.41, 5.74) is 4.09. The van der Waals surface area contributed by atoms with Gasteiger partial charge in [0, 0.05) is 12.1 Å². The maximum Gasteiger partial charge on any atom is 0.313 e. The van der Waals surface area contributed by atoms with Crippen molar-refractivity contribution in [2.75, 3.05) is 19.7 Å². The quantitative estimate of drug-likeness (QED) is 0.392. The fourth-order valence-corrected chi connectivity index (χ4v) is 2.53. The van der Waals surface area contributed by atoms with Crippen molar-refractivity contribution in [1.82, 2.24) is 4.98 Å². The summed E-state index contributed by atoms with van der Waals surface area (Å²) in [4.78, 5) is 20.3. The first kappa shape index (κ1) is 20.9. The average Bonchev–Trinajstić information content (AvgIpc) is 2.78. The Labute approximate surface area is 173 Å². The van der Waals surface area contributed by atoms with E-state index < -0.39 is 4.92 Å². The van der Waals surface area contributed by atoms with Gasteiger partial charge >= 0.3 is 5.69 Å². The zero-order valence-electron chi connectivity index (χ0n) is 16.5. The molecule has 0 radical (unpaired) electrons. The fourth-order valence-electron chi connectivity index (χ4n) is 2.53. The van der Waals surface area contributed by atoms with Crippen LogP contribution in [-0.2, 0) is 18.1 Å². The molecule has 30 heavy (non-hydrogen) atoms. The Hall–Kier alpha value is -3.85. The summed E-state index contributed by atoms with van der Waals surface area (Å²) in [6, 6.07) is 17.4. The van der Waals surface area contributed by atoms with Crippen LogP contribution in [0.3, 0.4) is 0 Å². The molecule has 2 aromatic carbocycles. The molecule has 1 N–H and O–H groups in total. The number of rotatable bonds is 10. The van der Waals surface area contributed by atoms with Gasteiger partial charge in [-0.3, -0.25) is 15.0 Å². The molecule has 0 unspecified atom stereocenters. The molecule has 0 saturated carbocycles. The van der Waals surface area contributed by atoms with E-state index >= 15 is 0 Å². The molecule has 3 aromatic rings. The average molecular weight is 411 g/mol. The van der Waals surface area contributed by atoms with Gasteiger partial charge in [0.25, 0.3) is 0 Å². The van der Waals surface area contributed by atoms with Crippen LogP contribution in [0.5, 0.6) is 17.4 Å². The molecule has 156 valence electrons. The molecule has 9 heteroatoms. The molecule has 0 aliphatic heterocycles. The van der Waals surface area contributed by atoms with Crippen LogP contribution in [0.4, 0.5) is 11.5 Å². The highest BCUT2D eigenvalue weighted by molar-refractivity contribution is 5.55. The van der Waals surface area contributed by atoms with Gasteiger partial charge in [-0.2, -0.15) is 4.98 Å². The lowest BCUT2D eigenvalue weighted by Crippen LogP contribution is -2.07. The van der Waals surface area contributed by atoms with E-state index in [2.05, 4.69) is 10.5 Å². The van der Waals surface area contributed by atoms with Gasteiger partial charge in [0.2, 0.25) is 11.7 Å². The minimum atomic E-state index is -0.542. The monoisotopic (exact) mass is 411 g/mol. The molecular weight excluding hydrogens is 390 g/mol. The van der Waals surface area contributed by atoms with Gasteiger partial charge in [-0.25, -0.2) is 5.48 Å². The lowest BCUT2D eigenvalue weighted by molar-refractivity contribution is -0.384. The SMILES string of the molecule is COc1ccc(CONc2nc(OCc3ccc(OC)cc3)ccc2[N+](=O)[O-])cc1. The van der Waals surface area contributed by atoms with Crippen LogP contribution in [0, 0.1) is 10.1 Å². The Morgan fingerprint density at radius 3 is 1.97 bits per heavy atom. The molecule has 0 saturated heterocycles. The van der Waals surface area contributed by atoms with E-state index in [0.29, 0.717) is 0 Å². The number of nitrogens with one attached hydrogen (secondary N) is 1. The van der Waals surface area contributed by atoms with Gasteiger partial charge in [-0.05, 0) is 35.4 Å². The number of ether oxygens (including phenoxy) is 3. The molecule has 9 nitrogen and oxygen atoms in total. The summed E-state index contributed by atoms with van der Waals surface area (Å²) < 4.78 is 15.9. The fraction of sp³-hybridized carbons (Fsp3) is 0.190. The van der Waals surface area contributed by atoms with E-state index in [1.807, 2.05) is 36.4 Å². The van der Waals surface area contributed by atoms with Crippen LogP contribution < -0.4 is 19.7 Å². The smallest absolute Gasteiger partial charge is 0.313 e. The first-order valence-electron chi connectivity index (χ1n) is 9.01. The van der Waals surface area contributed by atoms with Crippen molar-refractivity contribution >= 4 is 11.5 Å². The zero-order valence-corrected chi connectivity index (χ0v) is 16.5. The maximum atomic E-state index is 11.3. The first-order chi connectivity index (χ1) is 14.6. The molecule has 0 aliphatic carbocycles. The normalized spacial score (nSPS) is 10.3. The second-order valence-corrected chi connectivity index (χ2v) is 6.15. The van der Waals surface area contributed by atoms with Crippen molar-refractivity contribution < 1.29 is 24.0 Å². The summed E-state index contributed by atoms with van der Waals surface area (Å²) in [6.45, 7) is 0.431. The number of pyridine rings is 1. The molecule has 0 bridgehead atoms. The predicted octanol–water partition coefficient (Wildman–Crippen LogP) is 4.13. The van der Waals surface area contributed by atoms with Crippen molar-refractivity contribution in [2.45, 2.75) is 13.2 Å². The van der Waals surface area contributed by atoms with Crippen molar-refractivity contribution in [3.8, 4) is 17.4 Å². The number of nitro groups is 1. The highest BCUT2D eigenvalue weighted by atomic mass is 16.6. The standard InChI is InChI=1S/C21H21N3O6/c1-27-17-7-3-15(4-8-17)13-29-20-12-11-19(24(25)26)21(22-20)23-30-14-16-5-9-18(28-2)10-6-16/h3-12H,13-14H2,1-2H3,(H,22,23). The predicted molar refractivity (Wildman–Crippen MR) is 110 cm³/mol. The lowest BCUT2D eigenvalue weighted by Gasteiger charge is -2.10. The highest BCUT2D eigenvalue weighted by Gasteiger charge is 2.17. The van der Waals surface area contributed by atoms with Crippen LogP contribution in [-0.4, -0.2) is 24.1 Å². The molecule has 0 fully saturated rings. The minimum Gasteiger partial charge on any atom is -0.497 e. The first-order valence-corrected chi connectivity index (χ1v) is 9.01. The van der Waals surface area contributed by atoms with Crippen LogP contribution in [0.2, 0.25) is 0 Å². The van der Waals surface area contributed by atoms with Crippen molar-refractivity contribution in [3.63, 3.8) is 0 Å². The number of benzene rings is 2. The van der Waals surface area contributed by atoms with Crippen molar-refractivity contribution in [1.29, 1.82) is 0 Å². The molecule has 0 atom stereocenters. The van der Waals surface area contributed by atoms with Gasteiger partial charge in [0.1, 0.15) is 18.1 Å². The van der Waals surface area contributed by atoms with E-state index in [4.69, 9.17) is 19.0 Å². The van der Waals surface area contributed by atoms with Gasteiger partial charge in [0.05, 0.1) is 25.7 Å². The molecule has 1 aromatic heterocycles. The van der Waals surface area contributed by atoms with Gasteiger partial charge in [0.15, 0.2) is 0 Å². The number of anilines is 1. The van der Waals surface area contributed by atoms with Gasteiger partial charge in [-0.1, -0.05) is 24.3 Å². The number of aromatic nitrogens is 1. The van der Waals surface area contributed by atoms with Crippen LogP contribution in [0.1, 0.15) is 11.1 Å². The van der Waals surface area contributed by atoms with E-state index in [1.54, 1.807) is 26.4 Å². The number of methoxy groups -OCH3 is 2. The second-order valence-electron chi connectivity index (χ2n) is 6.15. The van der Waals surface area contributed by atoms with Crippen molar-refractivity contribution in [2.24, 2.45) is 0 Å². The highest BCUT2D eigenvalue weighted by Crippen LogP contribution is 2.26. The van der Waals surface area contributed by atoms with E-state index in [1.165, 1.54) is 12.1 Å². The Bertz CT molecular complexity index is 977. The van der Waals surface area contributed by atoms with Crippen LogP contribution in [0.15, 0.2) is 60.7 Å². The third kappa shape index (κ3) is 5.58. The third-order valence-corrected chi connectivity index (χ3v) is 4.16. The topological polar surface area (TPSA) is 105 Å². The minimum absolute atomic E-state index is 0.0410. The largest absolute Gasteiger partial charge is 0.497 e. The summed E-state index contributed by atoms with van der Waals surface area (Å²) >= 11 is 0. The summed E-state index contributed by atoms with van der Waals surface area (Å²) in [5.74, 6) is 1.66. The molecule has 1 heterocycles. The zero-order chi connectivity index (χ0) is 21.3.